The van der Waals surface area contributed by atoms with Crippen LogP contribution in [0.15, 0.2) is 24.3 Å². The Morgan fingerprint density at radius 1 is 1.14 bits per heavy atom. The van der Waals surface area contributed by atoms with Gasteiger partial charge in [-0.2, -0.15) is 0 Å². The minimum absolute atomic E-state index is 0.00482. The molecule has 0 heterocycles. The van der Waals surface area contributed by atoms with Crippen molar-refractivity contribution in [1.29, 1.82) is 0 Å². The highest BCUT2D eigenvalue weighted by atomic mass is 16.5. The lowest BCUT2D eigenvalue weighted by Gasteiger charge is -2.29. The van der Waals surface area contributed by atoms with Crippen LogP contribution in [-0.2, 0) is 0 Å². The van der Waals surface area contributed by atoms with Gasteiger partial charge in [0.2, 0.25) is 0 Å². The number of hydrogen-bond acceptors (Lipinski definition) is 3. The Morgan fingerprint density at radius 2 is 1.76 bits per heavy atom. The van der Waals surface area contributed by atoms with Crippen molar-refractivity contribution in [2.24, 2.45) is 0 Å². The largest absolute Gasteiger partial charge is 0.497 e. The van der Waals surface area contributed by atoms with Crippen molar-refractivity contribution in [3.05, 3.63) is 29.8 Å². The summed E-state index contributed by atoms with van der Waals surface area (Å²) in [5, 5.41) is 14.2. The monoisotopic (exact) mass is 292 g/mol. The molecule has 21 heavy (non-hydrogen) atoms. The van der Waals surface area contributed by atoms with Crippen molar-refractivity contribution in [3.63, 3.8) is 0 Å². The lowest BCUT2D eigenvalue weighted by atomic mass is 9.91. The molecular weight excluding hydrogens is 272 g/mol. The van der Waals surface area contributed by atoms with Crippen molar-refractivity contribution in [1.82, 2.24) is 10.6 Å². The Bertz CT molecular complexity index is 501. The minimum Gasteiger partial charge on any atom is -0.497 e. The van der Waals surface area contributed by atoms with Crippen molar-refractivity contribution in [2.75, 3.05) is 7.11 Å². The molecule has 114 valence electrons. The molecule has 0 aliphatic heterocycles. The highest BCUT2D eigenvalue weighted by molar-refractivity contribution is 5.94. The van der Waals surface area contributed by atoms with Crippen LogP contribution in [0.2, 0.25) is 0 Å². The molecule has 1 aromatic rings. The molecule has 2 amide bonds. The Labute approximate surface area is 123 Å². The number of hydrogen-bond donors (Lipinski definition) is 3. The molecule has 3 N–H and O–H groups in total. The summed E-state index contributed by atoms with van der Waals surface area (Å²) in [4.78, 5) is 22.8. The van der Waals surface area contributed by atoms with E-state index >= 15 is 0 Å². The van der Waals surface area contributed by atoms with E-state index in [4.69, 9.17) is 9.84 Å². The van der Waals surface area contributed by atoms with Crippen LogP contribution >= 0.6 is 0 Å². The number of benzene rings is 1. The third-order valence-corrected chi connectivity index (χ3v) is 3.69. The highest BCUT2D eigenvalue weighted by Gasteiger charge is 2.24. The molecule has 2 rings (SSSR count). The van der Waals surface area contributed by atoms with Crippen molar-refractivity contribution in [3.8, 4) is 5.75 Å². The smallest absolute Gasteiger partial charge is 0.404 e. The van der Waals surface area contributed by atoms with Gasteiger partial charge in [0.05, 0.1) is 7.11 Å². The summed E-state index contributed by atoms with van der Waals surface area (Å²) in [5.74, 6) is 0.563. The quantitative estimate of drug-likeness (QED) is 0.792. The molecule has 1 fully saturated rings. The summed E-state index contributed by atoms with van der Waals surface area (Å²) < 4.78 is 5.05. The maximum atomic E-state index is 12.2. The molecule has 1 saturated carbocycles. The Balaban J connectivity index is 1.90. The maximum Gasteiger partial charge on any atom is 0.404 e. The predicted molar refractivity (Wildman–Crippen MR) is 77.7 cm³/mol. The van der Waals surface area contributed by atoms with Crippen molar-refractivity contribution >= 4 is 12.0 Å². The molecule has 0 saturated heterocycles. The Morgan fingerprint density at radius 3 is 2.33 bits per heavy atom. The average Bonchev–Trinajstić information content (AvgIpc) is 2.47. The van der Waals surface area contributed by atoms with Gasteiger partial charge < -0.3 is 20.5 Å². The van der Waals surface area contributed by atoms with Crippen LogP contribution in [-0.4, -0.2) is 36.3 Å². The fourth-order valence-corrected chi connectivity index (χ4v) is 2.64. The van der Waals surface area contributed by atoms with E-state index in [1.165, 1.54) is 0 Å². The molecule has 0 unspecified atom stereocenters. The molecule has 0 aromatic heterocycles. The van der Waals surface area contributed by atoms with E-state index in [9.17, 15) is 9.59 Å². The molecule has 0 spiro atoms. The second-order valence-corrected chi connectivity index (χ2v) is 5.21. The van der Waals surface area contributed by atoms with E-state index < -0.39 is 6.09 Å². The number of methoxy groups -OCH3 is 1. The van der Waals surface area contributed by atoms with E-state index in [-0.39, 0.29) is 18.0 Å². The van der Waals surface area contributed by atoms with Gasteiger partial charge in [-0.1, -0.05) is 0 Å². The van der Waals surface area contributed by atoms with Crippen LogP contribution < -0.4 is 15.4 Å². The topological polar surface area (TPSA) is 87.7 Å². The first-order chi connectivity index (χ1) is 10.1. The van der Waals surface area contributed by atoms with Gasteiger partial charge in [-0.15, -0.1) is 0 Å². The zero-order valence-corrected chi connectivity index (χ0v) is 12.0. The third-order valence-electron chi connectivity index (χ3n) is 3.69. The van der Waals surface area contributed by atoms with Crippen LogP contribution in [0.25, 0.3) is 0 Å². The summed E-state index contributed by atoms with van der Waals surface area (Å²) in [5.41, 5.74) is 0.573. The van der Waals surface area contributed by atoms with Gasteiger partial charge in [0.25, 0.3) is 5.91 Å². The van der Waals surface area contributed by atoms with E-state index in [1.54, 1.807) is 31.4 Å². The predicted octanol–water partition coefficient (Wildman–Crippen LogP) is 2.00. The molecule has 1 aliphatic rings. The Hall–Kier alpha value is -2.24. The first kappa shape index (κ1) is 15.2. The summed E-state index contributed by atoms with van der Waals surface area (Å²) in [6.07, 6.45) is 2.22. The number of carboxylic acid groups (broad SMARTS) is 1. The number of ether oxygens (including phenoxy) is 1. The van der Waals surface area contributed by atoms with E-state index in [0.717, 1.165) is 19.3 Å². The standard InChI is InChI=1S/C15H20N2O4/c1-21-13-7-5-10(6-8-13)14(18)16-11-3-2-4-12(9-11)17-15(19)20/h5-8,11-12,17H,2-4,9H2,1H3,(H,16,18)(H,19,20)/t11-,12+/m1/s1. The summed E-state index contributed by atoms with van der Waals surface area (Å²) in [6.45, 7) is 0. The van der Waals surface area contributed by atoms with Crippen molar-refractivity contribution < 1.29 is 19.4 Å². The van der Waals surface area contributed by atoms with Gasteiger partial charge in [-0.3, -0.25) is 4.79 Å². The second kappa shape index (κ2) is 6.97. The van der Waals surface area contributed by atoms with Crippen LogP contribution in [0.4, 0.5) is 4.79 Å². The van der Waals surface area contributed by atoms with Crippen molar-refractivity contribution in [2.45, 2.75) is 37.8 Å². The number of rotatable bonds is 4. The van der Waals surface area contributed by atoms with Crippen LogP contribution in [0.5, 0.6) is 5.75 Å². The molecule has 0 radical (unpaired) electrons. The number of amides is 2. The van der Waals surface area contributed by atoms with Gasteiger partial charge in [0, 0.05) is 17.6 Å². The number of carbonyl (C=O) groups excluding carboxylic acids is 1. The first-order valence-electron chi connectivity index (χ1n) is 7.03. The van der Waals surface area contributed by atoms with Crippen LogP contribution in [0.3, 0.4) is 0 Å². The first-order valence-corrected chi connectivity index (χ1v) is 7.03. The molecular formula is C15H20N2O4. The lowest BCUT2D eigenvalue weighted by molar-refractivity contribution is 0.0923. The average molecular weight is 292 g/mol. The molecule has 0 bridgehead atoms. The minimum atomic E-state index is -1.01. The third kappa shape index (κ3) is 4.37. The van der Waals surface area contributed by atoms with Gasteiger partial charge in [-0.05, 0) is 49.9 Å². The van der Waals surface area contributed by atoms with E-state index in [2.05, 4.69) is 10.6 Å². The van der Waals surface area contributed by atoms with Gasteiger partial charge in [0.1, 0.15) is 5.75 Å². The Kier molecular flexibility index (Phi) is 5.03. The lowest BCUT2D eigenvalue weighted by Crippen LogP contribution is -2.45. The van der Waals surface area contributed by atoms with Gasteiger partial charge in [-0.25, -0.2) is 4.79 Å². The summed E-state index contributed by atoms with van der Waals surface area (Å²) in [6, 6.07) is 6.82. The zero-order chi connectivity index (χ0) is 15.2. The zero-order valence-electron chi connectivity index (χ0n) is 12.0. The second-order valence-electron chi connectivity index (χ2n) is 5.21. The van der Waals surface area contributed by atoms with E-state index in [1.807, 2.05) is 0 Å². The maximum absolute atomic E-state index is 12.2. The van der Waals surface area contributed by atoms with E-state index in [0.29, 0.717) is 17.7 Å². The molecule has 6 nitrogen and oxygen atoms in total. The number of nitrogens with one attached hydrogen (secondary N) is 2. The van der Waals surface area contributed by atoms with Gasteiger partial charge >= 0.3 is 6.09 Å². The number of carbonyl (C=O) groups is 2. The molecule has 1 aromatic carbocycles. The van der Waals surface area contributed by atoms with Crippen LogP contribution in [0, 0.1) is 0 Å². The molecule has 2 atom stereocenters. The highest BCUT2D eigenvalue weighted by Crippen LogP contribution is 2.19. The molecule has 6 heteroatoms. The molecule has 1 aliphatic carbocycles. The van der Waals surface area contributed by atoms with Crippen LogP contribution in [0.1, 0.15) is 36.0 Å². The summed E-state index contributed by atoms with van der Waals surface area (Å²) >= 11 is 0. The summed E-state index contributed by atoms with van der Waals surface area (Å²) in [7, 11) is 1.58. The fourth-order valence-electron chi connectivity index (χ4n) is 2.64. The SMILES string of the molecule is COc1ccc(C(=O)N[C@@H]2CCC[C@H](NC(=O)O)C2)cc1. The van der Waals surface area contributed by atoms with Gasteiger partial charge in [0.15, 0.2) is 0 Å². The normalized spacial score (nSPS) is 21.4. The fraction of sp³-hybridized carbons (Fsp3) is 0.467.